The molecule has 0 aliphatic rings. The van der Waals surface area contributed by atoms with Crippen LogP contribution >= 0.6 is 0 Å². The lowest BCUT2D eigenvalue weighted by molar-refractivity contribution is -0.122. The maximum absolute atomic E-state index is 11.4. The summed E-state index contributed by atoms with van der Waals surface area (Å²) in [7, 11) is 1.64. The molecule has 0 fully saturated rings. The summed E-state index contributed by atoms with van der Waals surface area (Å²) >= 11 is 0. The van der Waals surface area contributed by atoms with E-state index >= 15 is 0 Å². The standard InChI is InChI=1S/C10H22N2O3/c1-9(11-5-3-7-13)10(14)12-6-4-8-15-2/h9,11,13H,3-8H2,1-2H3,(H,12,14). The molecule has 0 aliphatic heterocycles. The first-order valence-electron chi connectivity index (χ1n) is 5.33. The van der Waals surface area contributed by atoms with E-state index < -0.39 is 0 Å². The van der Waals surface area contributed by atoms with Crippen LogP contribution in [0.2, 0.25) is 0 Å². The van der Waals surface area contributed by atoms with Crippen molar-refractivity contribution < 1.29 is 14.6 Å². The number of ether oxygens (including phenoxy) is 1. The predicted octanol–water partition coefficient (Wildman–Crippen LogP) is -0.500. The number of amides is 1. The Hall–Kier alpha value is -0.650. The van der Waals surface area contributed by atoms with Crippen LogP contribution in [0.15, 0.2) is 0 Å². The second-order valence-corrected chi connectivity index (χ2v) is 3.39. The number of aliphatic hydroxyl groups excluding tert-OH is 1. The van der Waals surface area contributed by atoms with Gasteiger partial charge in [0.15, 0.2) is 0 Å². The summed E-state index contributed by atoms with van der Waals surface area (Å²) in [6, 6.07) is -0.209. The molecule has 0 rings (SSSR count). The number of aliphatic hydroxyl groups is 1. The van der Waals surface area contributed by atoms with Gasteiger partial charge in [0.05, 0.1) is 6.04 Å². The molecule has 3 N–H and O–H groups in total. The van der Waals surface area contributed by atoms with Crippen LogP contribution in [0.5, 0.6) is 0 Å². The van der Waals surface area contributed by atoms with E-state index in [0.717, 1.165) is 6.42 Å². The molecule has 0 saturated heterocycles. The first-order valence-corrected chi connectivity index (χ1v) is 5.33. The van der Waals surface area contributed by atoms with E-state index in [1.54, 1.807) is 7.11 Å². The molecule has 0 radical (unpaired) electrons. The summed E-state index contributed by atoms with van der Waals surface area (Å²) < 4.78 is 4.87. The van der Waals surface area contributed by atoms with Crippen molar-refractivity contribution in [2.24, 2.45) is 0 Å². The van der Waals surface area contributed by atoms with E-state index in [9.17, 15) is 4.79 Å². The average molecular weight is 218 g/mol. The summed E-state index contributed by atoms with van der Waals surface area (Å²) in [5.74, 6) is -0.0101. The summed E-state index contributed by atoms with van der Waals surface area (Å²) in [6.45, 7) is 3.91. The maximum atomic E-state index is 11.4. The van der Waals surface area contributed by atoms with E-state index in [1.807, 2.05) is 6.92 Å². The van der Waals surface area contributed by atoms with Gasteiger partial charge in [0.1, 0.15) is 0 Å². The molecule has 5 nitrogen and oxygen atoms in total. The zero-order valence-corrected chi connectivity index (χ0v) is 9.58. The second-order valence-electron chi connectivity index (χ2n) is 3.39. The molecule has 0 saturated carbocycles. The fourth-order valence-electron chi connectivity index (χ4n) is 1.07. The molecule has 0 spiro atoms. The van der Waals surface area contributed by atoms with Gasteiger partial charge in [0.25, 0.3) is 0 Å². The minimum atomic E-state index is -0.209. The molecule has 0 heterocycles. The van der Waals surface area contributed by atoms with E-state index in [-0.39, 0.29) is 18.6 Å². The topological polar surface area (TPSA) is 70.6 Å². The molecule has 90 valence electrons. The van der Waals surface area contributed by atoms with Crippen molar-refractivity contribution in [3.8, 4) is 0 Å². The molecular formula is C10H22N2O3. The zero-order chi connectivity index (χ0) is 11.5. The van der Waals surface area contributed by atoms with Crippen LogP contribution in [0.3, 0.4) is 0 Å². The van der Waals surface area contributed by atoms with E-state index in [4.69, 9.17) is 9.84 Å². The quantitative estimate of drug-likeness (QED) is 0.456. The molecule has 1 atom stereocenters. The van der Waals surface area contributed by atoms with Crippen molar-refractivity contribution >= 4 is 5.91 Å². The van der Waals surface area contributed by atoms with Crippen molar-refractivity contribution in [1.29, 1.82) is 0 Å². The van der Waals surface area contributed by atoms with Crippen molar-refractivity contribution in [2.45, 2.75) is 25.8 Å². The lowest BCUT2D eigenvalue weighted by Gasteiger charge is -2.13. The Kier molecular flexibility index (Phi) is 9.46. The number of carbonyl (C=O) groups excluding carboxylic acids is 1. The fraction of sp³-hybridized carbons (Fsp3) is 0.900. The molecule has 5 heteroatoms. The number of nitrogens with one attached hydrogen (secondary N) is 2. The van der Waals surface area contributed by atoms with E-state index in [0.29, 0.717) is 26.1 Å². The highest BCUT2D eigenvalue weighted by molar-refractivity contribution is 5.81. The van der Waals surface area contributed by atoms with Gasteiger partial charge < -0.3 is 20.5 Å². The number of hydrogen-bond donors (Lipinski definition) is 3. The molecule has 1 amide bonds. The van der Waals surface area contributed by atoms with Gasteiger partial charge in [0, 0.05) is 26.9 Å². The van der Waals surface area contributed by atoms with Crippen molar-refractivity contribution in [3.05, 3.63) is 0 Å². The van der Waals surface area contributed by atoms with Crippen molar-refractivity contribution in [3.63, 3.8) is 0 Å². The number of rotatable bonds is 9. The first-order chi connectivity index (χ1) is 7.22. The third-order valence-electron chi connectivity index (χ3n) is 2.00. The Labute approximate surface area is 91.2 Å². The summed E-state index contributed by atoms with van der Waals surface area (Å²) in [6.07, 6.45) is 1.49. The van der Waals surface area contributed by atoms with Gasteiger partial charge in [-0.15, -0.1) is 0 Å². The smallest absolute Gasteiger partial charge is 0.236 e. The predicted molar refractivity (Wildman–Crippen MR) is 58.7 cm³/mol. The van der Waals surface area contributed by atoms with E-state index in [2.05, 4.69) is 10.6 Å². The van der Waals surface area contributed by atoms with Gasteiger partial charge in [-0.2, -0.15) is 0 Å². The summed E-state index contributed by atoms with van der Waals surface area (Å²) in [4.78, 5) is 11.4. The Morgan fingerprint density at radius 3 is 2.73 bits per heavy atom. The molecular weight excluding hydrogens is 196 g/mol. The van der Waals surface area contributed by atoms with Crippen LogP contribution in [0.25, 0.3) is 0 Å². The minimum Gasteiger partial charge on any atom is -0.396 e. The molecule has 0 bridgehead atoms. The largest absolute Gasteiger partial charge is 0.396 e. The molecule has 0 aliphatic carbocycles. The Balaban J connectivity index is 3.42. The highest BCUT2D eigenvalue weighted by atomic mass is 16.5. The molecule has 0 aromatic rings. The lowest BCUT2D eigenvalue weighted by Crippen LogP contribution is -2.43. The van der Waals surface area contributed by atoms with Crippen molar-refractivity contribution in [2.75, 3.05) is 33.4 Å². The normalized spacial score (nSPS) is 12.5. The highest BCUT2D eigenvalue weighted by Crippen LogP contribution is 1.84. The third-order valence-corrected chi connectivity index (χ3v) is 2.00. The minimum absolute atomic E-state index is 0.0101. The van der Waals surface area contributed by atoms with E-state index in [1.165, 1.54) is 0 Å². The van der Waals surface area contributed by atoms with Gasteiger partial charge >= 0.3 is 0 Å². The first kappa shape index (κ1) is 14.3. The zero-order valence-electron chi connectivity index (χ0n) is 9.58. The third kappa shape index (κ3) is 8.35. The van der Waals surface area contributed by atoms with Crippen LogP contribution in [0.1, 0.15) is 19.8 Å². The average Bonchev–Trinajstić information content (AvgIpc) is 2.24. The maximum Gasteiger partial charge on any atom is 0.236 e. The molecule has 15 heavy (non-hydrogen) atoms. The monoisotopic (exact) mass is 218 g/mol. The second kappa shape index (κ2) is 9.89. The van der Waals surface area contributed by atoms with Gasteiger partial charge in [-0.3, -0.25) is 4.79 Å². The van der Waals surface area contributed by atoms with Gasteiger partial charge in [-0.1, -0.05) is 0 Å². The Morgan fingerprint density at radius 2 is 2.13 bits per heavy atom. The molecule has 0 aromatic heterocycles. The van der Waals surface area contributed by atoms with Crippen LogP contribution in [-0.4, -0.2) is 50.5 Å². The highest BCUT2D eigenvalue weighted by Gasteiger charge is 2.10. The van der Waals surface area contributed by atoms with Gasteiger partial charge in [0.2, 0.25) is 5.91 Å². The SMILES string of the molecule is COCCCNC(=O)C(C)NCCCO. The Bertz CT molecular complexity index is 165. The fourth-order valence-corrected chi connectivity index (χ4v) is 1.07. The van der Waals surface area contributed by atoms with Crippen LogP contribution in [0.4, 0.5) is 0 Å². The van der Waals surface area contributed by atoms with Crippen LogP contribution in [0, 0.1) is 0 Å². The lowest BCUT2D eigenvalue weighted by atomic mass is 10.3. The summed E-state index contributed by atoms with van der Waals surface area (Å²) in [5.41, 5.74) is 0. The van der Waals surface area contributed by atoms with Crippen LogP contribution in [-0.2, 0) is 9.53 Å². The number of carbonyl (C=O) groups is 1. The van der Waals surface area contributed by atoms with Gasteiger partial charge in [-0.05, 0) is 26.3 Å². The molecule has 0 aromatic carbocycles. The summed E-state index contributed by atoms with van der Waals surface area (Å²) in [5, 5.41) is 14.4. The van der Waals surface area contributed by atoms with Crippen molar-refractivity contribution in [1.82, 2.24) is 10.6 Å². The number of methoxy groups -OCH3 is 1. The van der Waals surface area contributed by atoms with Gasteiger partial charge in [-0.25, -0.2) is 0 Å². The number of hydrogen-bond acceptors (Lipinski definition) is 4. The molecule has 1 unspecified atom stereocenters. The van der Waals surface area contributed by atoms with Crippen LogP contribution < -0.4 is 10.6 Å². The Morgan fingerprint density at radius 1 is 1.40 bits per heavy atom.